The van der Waals surface area contributed by atoms with Crippen molar-refractivity contribution in [3.63, 3.8) is 0 Å². The smallest absolute Gasteiger partial charge is 0.342 e. The molecular formula is C12H17N3O4S. The van der Waals surface area contributed by atoms with E-state index in [-0.39, 0.29) is 30.3 Å². The van der Waals surface area contributed by atoms with E-state index in [9.17, 15) is 13.2 Å². The standard InChI is InChI=1S/C12H17N3O4S/c1-4-7-15(8-5-2)20(17,18)11-10(9-13-14-11)12(16)19-6-3/h1,9H,5-8H2,2-3H3,(H,13,14). The summed E-state index contributed by atoms with van der Waals surface area (Å²) >= 11 is 0. The highest BCUT2D eigenvalue weighted by Gasteiger charge is 2.30. The Bertz CT molecular complexity index is 600. The molecule has 8 heteroatoms. The average Bonchev–Trinajstić information content (AvgIpc) is 2.88. The number of carbonyl (C=O) groups is 1. The summed E-state index contributed by atoms with van der Waals surface area (Å²) in [5, 5.41) is 5.65. The number of terminal acetylenes is 1. The van der Waals surface area contributed by atoms with Crippen LogP contribution in [-0.4, -0.2) is 48.6 Å². The summed E-state index contributed by atoms with van der Waals surface area (Å²) in [6, 6.07) is 0. The minimum atomic E-state index is -3.90. The molecule has 0 fully saturated rings. The number of hydrogen-bond donors (Lipinski definition) is 1. The van der Waals surface area contributed by atoms with E-state index in [4.69, 9.17) is 11.2 Å². The van der Waals surface area contributed by atoms with Crippen molar-refractivity contribution in [3.8, 4) is 12.3 Å². The third kappa shape index (κ3) is 3.37. The zero-order chi connectivity index (χ0) is 15.2. The highest BCUT2D eigenvalue weighted by atomic mass is 32.2. The maximum Gasteiger partial charge on any atom is 0.342 e. The number of hydrogen-bond acceptors (Lipinski definition) is 5. The molecule has 7 nitrogen and oxygen atoms in total. The second-order valence-electron chi connectivity index (χ2n) is 3.88. The van der Waals surface area contributed by atoms with Crippen LogP contribution in [0.25, 0.3) is 0 Å². The lowest BCUT2D eigenvalue weighted by Crippen LogP contribution is -2.33. The number of carbonyl (C=O) groups excluding carboxylic acids is 1. The highest BCUT2D eigenvalue weighted by molar-refractivity contribution is 7.89. The summed E-state index contributed by atoms with van der Waals surface area (Å²) in [6.07, 6.45) is 6.91. The number of nitrogens with one attached hydrogen (secondary N) is 1. The van der Waals surface area contributed by atoms with Gasteiger partial charge in [0.15, 0.2) is 5.03 Å². The summed E-state index contributed by atoms with van der Waals surface area (Å²) in [4.78, 5) is 11.7. The van der Waals surface area contributed by atoms with Gasteiger partial charge in [0.1, 0.15) is 5.56 Å². The zero-order valence-corrected chi connectivity index (χ0v) is 12.2. The molecule has 0 aliphatic rings. The van der Waals surface area contributed by atoms with Crippen molar-refractivity contribution in [2.45, 2.75) is 25.3 Å². The number of aromatic amines is 1. The number of ether oxygens (including phenoxy) is 1. The van der Waals surface area contributed by atoms with Crippen molar-refractivity contribution in [2.75, 3.05) is 19.7 Å². The topological polar surface area (TPSA) is 92.4 Å². The fourth-order valence-electron chi connectivity index (χ4n) is 1.59. The second-order valence-corrected chi connectivity index (χ2v) is 5.75. The number of sulfonamides is 1. The Labute approximate surface area is 118 Å². The first-order valence-corrected chi connectivity index (χ1v) is 7.57. The van der Waals surface area contributed by atoms with E-state index >= 15 is 0 Å². The maximum atomic E-state index is 12.5. The Morgan fingerprint density at radius 3 is 2.80 bits per heavy atom. The van der Waals surface area contributed by atoms with Crippen LogP contribution in [0.4, 0.5) is 0 Å². The first-order chi connectivity index (χ1) is 9.48. The molecule has 0 aliphatic heterocycles. The highest BCUT2D eigenvalue weighted by Crippen LogP contribution is 2.18. The van der Waals surface area contributed by atoms with Gasteiger partial charge in [-0.1, -0.05) is 12.8 Å². The van der Waals surface area contributed by atoms with Gasteiger partial charge in [0.2, 0.25) is 0 Å². The van der Waals surface area contributed by atoms with Crippen molar-refractivity contribution >= 4 is 16.0 Å². The van der Waals surface area contributed by atoms with Crippen LogP contribution >= 0.6 is 0 Å². The molecule has 1 aromatic heterocycles. The van der Waals surface area contributed by atoms with E-state index in [1.165, 1.54) is 0 Å². The van der Waals surface area contributed by atoms with E-state index < -0.39 is 16.0 Å². The van der Waals surface area contributed by atoms with Crippen LogP contribution in [-0.2, 0) is 14.8 Å². The summed E-state index contributed by atoms with van der Waals surface area (Å²) in [5.74, 6) is 1.55. The van der Waals surface area contributed by atoms with E-state index in [0.29, 0.717) is 6.42 Å². The molecular weight excluding hydrogens is 282 g/mol. The van der Waals surface area contributed by atoms with Gasteiger partial charge in [0.05, 0.1) is 19.3 Å². The zero-order valence-electron chi connectivity index (χ0n) is 11.4. The number of aromatic nitrogens is 2. The molecule has 1 N–H and O–H groups in total. The van der Waals surface area contributed by atoms with Crippen molar-refractivity contribution in [3.05, 3.63) is 11.8 Å². The molecule has 0 spiro atoms. The van der Waals surface area contributed by atoms with Crippen molar-refractivity contribution in [2.24, 2.45) is 0 Å². The summed E-state index contributed by atoms with van der Waals surface area (Å²) in [5.41, 5.74) is -0.120. The van der Waals surface area contributed by atoms with Gasteiger partial charge in [-0.2, -0.15) is 9.40 Å². The second kappa shape index (κ2) is 7.07. The molecule has 0 atom stereocenters. The van der Waals surface area contributed by atoms with E-state index in [2.05, 4.69) is 16.1 Å². The normalized spacial score (nSPS) is 11.3. The molecule has 1 aromatic rings. The predicted molar refractivity (Wildman–Crippen MR) is 72.4 cm³/mol. The predicted octanol–water partition coefficient (Wildman–Crippen LogP) is 0.620. The fourth-order valence-corrected chi connectivity index (χ4v) is 3.10. The molecule has 0 aliphatic carbocycles. The first-order valence-electron chi connectivity index (χ1n) is 6.13. The quantitative estimate of drug-likeness (QED) is 0.588. The van der Waals surface area contributed by atoms with Gasteiger partial charge in [-0.05, 0) is 13.3 Å². The van der Waals surface area contributed by atoms with Gasteiger partial charge < -0.3 is 4.74 Å². The van der Waals surface area contributed by atoms with Crippen LogP contribution in [0.1, 0.15) is 30.6 Å². The first kappa shape index (κ1) is 16.2. The molecule has 0 amide bonds. The third-order valence-electron chi connectivity index (χ3n) is 2.44. The molecule has 1 rings (SSSR count). The van der Waals surface area contributed by atoms with Gasteiger partial charge in [0.25, 0.3) is 10.0 Å². The number of rotatable bonds is 7. The average molecular weight is 299 g/mol. The van der Waals surface area contributed by atoms with Gasteiger partial charge >= 0.3 is 5.97 Å². The summed E-state index contributed by atoms with van der Waals surface area (Å²) in [7, 11) is -3.90. The SMILES string of the molecule is C#CCN(CCC)S(=O)(=O)c1[nH]ncc1C(=O)OCC. The van der Waals surface area contributed by atoms with Crippen LogP contribution in [0, 0.1) is 12.3 Å². The van der Waals surface area contributed by atoms with Gasteiger partial charge in [0, 0.05) is 6.54 Å². The van der Waals surface area contributed by atoms with Crippen LogP contribution in [0.5, 0.6) is 0 Å². The van der Waals surface area contributed by atoms with Crippen molar-refractivity contribution in [1.82, 2.24) is 14.5 Å². The lowest BCUT2D eigenvalue weighted by molar-refractivity contribution is 0.0521. The Morgan fingerprint density at radius 1 is 1.55 bits per heavy atom. The lowest BCUT2D eigenvalue weighted by Gasteiger charge is -2.18. The van der Waals surface area contributed by atoms with Crippen LogP contribution in [0.3, 0.4) is 0 Å². The third-order valence-corrected chi connectivity index (χ3v) is 4.26. The van der Waals surface area contributed by atoms with Crippen LogP contribution in [0.15, 0.2) is 11.2 Å². The van der Waals surface area contributed by atoms with Gasteiger partial charge in [-0.3, -0.25) is 5.10 Å². The molecule has 0 aromatic carbocycles. The van der Waals surface area contributed by atoms with E-state index in [1.54, 1.807) is 6.92 Å². The Kier molecular flexibility index (Phi) is 5.73. The van der Waals surface area contributed by atoms with E-state index in [1.807, 2.05) is 6.92 Å². The molecule has 0 bridgehead atoms. The number of nitrogens with zero attached hydrogens (tertiary/aromatic N) is 2. The van der Waals surface area contributed by atoms with Gasteiger partial charge in [-0.25, -0.2) is 13.2 Å². The molecule has 110 valence electrons. The van der Waals surface area contributed by atoms with Crippen LogP contribution < -0.4 is 0 Å². The largest absolute Gasteiger partial charge is 0.462 e. The lowest BCUT2D eigenvalue weighted by atomic mass is 10.4. The molecule has 20 heavy (non-hydrogen) atoms. The number of H-pyrrole nitrogens is 1. The Balaban J connectivity index is 3.19. The molecule has 0 unspecified atom stereocenters. The Morgan fingerprint density at radius 2 is 2.25 bits per heavy atom. The van der Waals surface area contributed by atoms with Crippen molar-refractivity contribution < 1.29 is 17.9 Å². The van der Waals surface area contributed by atoms with E-state index in [0.717, 1.165) is 10.5 Å². The molecule has 0 radical (unpaired) electrons. The number of esters is 1. The molecule has 0 saturated heterocycles. The summed E-state index contributed by atoms with van der Waals surface area (Å²) in [6.45, 7) is 3.80. The fraction of sp³-hybridized carbons (Fsp3) is 0.500. The maximum absolute atomic E-state index is 12.5. The minimum absolute atomic E-state index is 0.0720. The van der Waals surface area contributed by atoms with Crippen LogP contribution in [0.2, 0.25) is 0 Å². The van der Waals surface area contributed by atoms with Gasteiger partial charge in [-0.15, -0.1) is 6.42 Å². The monoisotopic (exact) mass is 299 g/mol. The van der Waals surface area contributed by atoms with Crippen molar-refractivity contribution in [1.29, 1.82) is 0 Å². The minimum Gasteiger partial charge on any atom is -0.462 e. The molecule has 1 heterocycles. The Hall–Kier alpha value is -1.85. The summed E-state index contributed by atoms with van der Waals surface area (Å²) < 4.78 is 30.8. The molecule has 0 saturated carbocycles.